The number of carboxylic acid groups (broad SMARTS) is 1. The van der Waals surface area contributed by atoms with Crippen LogP contribution in [0.2, 0.25) is 0 Å². The molecule has 1 fully saturated rings. The van der Waals surface area contributed by atoms with Crippen molar-refractivity contribution in [1.82, 2.24) is 10.6 Å². The summed E-state index contributed by atoms with van der Waals surface area (Å²) in [6, 6.07) is 4.02. The molecule has 2 atom stereocenters. The van der Waals surface area contributed by atoms with Crippen LogP contribution in [-0.4, -0.2) is 49.2 Å². The Bertz CT molecular complexity index is 617. The first-order chi connectivity index (χ1) is 10.5. The minimum absolute atomic E-state index is 0.0122. The second-order valence-electron chi connectivity index (χ2n) is 4.84. The van der Waals surface area contributed by atoms with Crippen LogP contribution in [-0.2, 0) is 16.0 Å². The van der Waals surface area contributed by atoms with Crippen LogP contribution in [0.25, 0.3) is 0 Å². The number of carbonyl (C=O) groups is 3. The van der Waals surface area contributed by atoms with Crippen LogP contribution in [0.5, 0.6) is 11.5 Å². The Hall–Kier alpha value is -2.77. The van der Waals surface area contributed by atoms with E-state index < -0.39 is 23.6 Å². The number of hydrogen-bond donors (Lipinski definition) is 3. The number of rotatable bonds is 6. The average Bonchev–Trinajstić information content (AvgIpc) is 2.51. The van der Waals surface area contributed by atoms with E-state index in [2.05, 4.69) is 10.6 Å². The van der Waals surface area contributed by atoms with Gasteiger partial charge in [-0.15, -0.1) is 0 Å². The molecule has 0 aliphatic carbocycles. The molecule has 2 unspecified atom stereocenters. The Morgan fingerprint density at radius 1 is 1.45 bits per heavy atom. The Morgan fingerprint density at radius 2 is 2.18 bits per heavy atom. The quantitative estimate of drug-likeness (QED) is 0.501. The SMILES string of the molecule is COc1ccc(CC2(NC(=O)O)C(=O)NC2C=O)c(OC)c1. The molecule has 2 amide bonds. The minimum atomic E-state index is -1.53. The summed E-state index contributed by atoms with van der Waals surface area (Å²) in [7, 11) is 2.96. The van der Waals surface area contributed by atoms with Gasteiger partial charge in [0.15, 0.2) is 5.54 Å². The number of hydrogen-bond acceptors (Lipinski definition) is 5. The molecular formula is C14H16N2O6. The van der Waals surface area contributed by atoms with Crippen molar-refractivity contribution < 1.29 is 29.0 Å². The van der Waals surface area contributed by atoms with Crippen LogP contribution >= 0.6 is 0 Å². The largest absolute Gasteiger partial charge is 0.497 e. The molecule has 8 nitrogen and oxygen atoms in total. The van der Waals surface area contributed by atoms with Crippen LogP contribution in [0.3, 0.4) is 0 Å². The first-order valence-corrected chi connectivity index (χ1v) is 6.45. The second kappa shape index (κ2) is 5.92. The summed E-state index contributed by atoms with van der Waals surface area (Å²) in [5, 5.41) is 13.5. The normalized spacial score (nSPS) is 23.0. The lowest BCUT2D eigenvalue weighted by Crippen LogP contribution is -2.80. The van der Waals surface area contributed by atoms with Crippen molar-refractivity contribution >= 4 is 18.3 Å². The predicted molar refractivity (Wildman–Crippen MR) is 75.1 cm³/mol. The van der Waals surface area contributed by atoms with Gasteiger partial charge in [0.2, 0.25) is 5.91 Å². The van der Waals surface area contributed by atoms with Crippen molar-refractivity contribution in [3.63, 3.8) is 0 Å². The van der Waals surface area contributed by atoms with Crippen LogP contribution < -0.4 is 20.1 Å². The topological polar surface area (TPSA) is 114 Å². The van der Waals surface area contributed by atoms with E-state index in [0.717, 1.165) is 0 Å². The summed E-state index contributed by atoms with van der Waals surface area (Å²) in [6.45, 7) is 0. The molecule has 8 heteroatoms. The molecule has 1 aliphatic heterocycles. The third-order valence-corrected chi connectivity index (χ3v) is 3.65. The fraction of sp³-hybridized carbons (Fsp3) is 0.357. The van der Waals surface area contributed by atoms with Crippen LogP contribution in [0.4, 0.5) is 4.79 Å². The van der Waals surface area contributed by atoms with Crippen molar-refractivity contribution in [2.75, 3.05) is 14.2 Å². The zero-order valence-corrected chi connectivity index (χ0v) is 12.1. The van der Waals surface area contributed by atoms with E-state index in [1.165, 1.54) is 14.2 Å². The van der Waals surface area contributed by atoms with Crippen LogP contribution in [0, 0.1) is 0 Å². The Morgan fingerprint density at radius 3 is 2.68 bits per heavy atom. The zero-order valence-electron chi connectivity index (χ0n) is 12.1. The van der Waals surface area contributed by atoms with Gasteiger partial charge in [-0.3, -0.25) is 4.79 Å². The zero-order chi connectivity index (χ0) is 16.3. The minimum Gasteiger partial charge on any atom is -0.497 e. The second-order valence-corrected chi connectivity index (χ2v) is 4.84. The van der Waals surface area contributed by atoms with Crippen molar-refractivity contribution in [2.24, 2.45) is 0 Å². The number of carbonyl (C=O) groups excluding carboxylic acids is 2. The molecule has 1 aliphatic rings. The lowest BCUT2D eigenvalue weighted by molar-refractivity contribution is -0.142. The van der Waals surface area contributed by atoms with Gasteiger partial charge in [-0.25, -0.2) is 4.79 Å². The highest BCUT2D eigenvalue weighted by atomic mass is 16.5. The average molecular weight is 308 g/mol. The third-order valence-electron chi connectivity index (χ3n) is 3.65. The van der Waals surface area contributed by atoms with Crippen LogP contribution in [0.1, 0.15) is 5.56 Å². The highest BCUT2D eigenvalue weighted by molar-refractivity contribution is 6.02. The van der Waals surface area contributed by atoms with E-state index in [4.69, 9.17) is 14.6 Å². The van der Waals surface area contributed by atoms with Crippen LogP contribution in [0.15, 0.2) is 18.2 Å². The Balaban J connectivity index is 2.38. The smallest absolute Gasteiger partial charge is 0.405 e. The number of methoxy groups -OCH3 is 2. The highest BCUT2D eigenvalue weighted by Crippen LogP contribution is 2.31. The van der Waals surface area contributed by atoms with Gasteiger partial charge in [0, 0.05) is 12.5 Å². The van der Waals surface area contributed by atoms with Gasteiger partial charge >= 0.3 is 6.09 Å². The van der Waals surface area contributed by atoms with Gasteiger partial charge in [-0.1, -0.05) is 6.07 Å². The molecule has 3 N–H and O–H groups in total. The molecule has 0 spiro atoms. The number of benzene rings is 1. The number of β-lactam (4-membered cyclic amide) rings is 1. The van der Waals surface area contributed by atoms with Gasteiger partial charge < -0.3 is 30.0 Å². The fourth-order valence-corrected chi connectivity index (χ4v) is 2.46. The summed E-state index contributed by atoms with van der Waals surface area (Å²) in [6.07, 6.45) is -0.885. The van der Waals surface area contributed by atoms with Gasteiger partial charge in [0.05, 0.1) is 14.2 Å². The first kappa shape index (κ1) is 15.6. The summed E-state index contributed by atoms with van der Waals surface area (Å²) in [5.41, 5.74) is -0.950. The highest BCUT2D eigenvalue weighted by Gasteiger charge is 2.56. The van der Waals surface area contributed by atoms with Gasteiger partial charge in [-0.2, -0.15) is 0 Å². The first-order valence-electron chi connectivity index (χ1n) is 6.45. The predicted octanol–water partition coefficient (Wildman–Crippen LogP) is -0.0500. The van der Waals surface area contributed by atoms with E-state index in [1.807, 2.05) is 0 Å². The molecule has 0 saturated carbocycles. The molecule has 1 heterocycles. The molecule has 2 rings (SSSR count). The number of aldehydes is 1. The lowest BCUT2D eigenvalue weighted by atomic mass is 9.76. The molecule has 22 heavy (non-hydrogen) atoms. The standard InChI is InChI=1S/C14H16N2O6/c1-21-9-4-3-8(10(5-9)22-2)6-14(16-13(19)20)11(7-17)15-12(14)18/h3-5,7,11,16H,6H2,1-2H3,(H,15,18)(H,19,20). The van der Waals surface area contributed by atoms with E-state index in [0.29, 0.717) is 23.3 Å². The van der Waals surface area contributed by atoms with Gasteiger partial charge in [0.1, 0.15) is 23.8 Å². The molecule has 1 aromatic rings. The molecule has 0 radical (unpaired) electrons. The summed E-state index contributed by atoms with van der Waals surface area (Å²) in [4.78, 5) is 34.0. The summed E-state index contributed by atoms with van der Waals surface area (Å²) in [5.74, 6) is 0.450. The van der Waals surface area contributed by atoms with E-state index in [-0.39, 0.29) is 6.42 Å². The van der Waals surface area contributed by atoms with Crippen molar-refractivity contribution in [1.29, 1.82) is 0 Å². The molecule has 0 bridgehead atoms. The van der Waals surface area contributed by atoms with Crippen molar-refractivity contribution in [2.45, 2.75) is 18.0 Å². The summed E-state index contributed by atoms with van der Waals surface area (Å²) >= 11 is 0. The summed E-state index contributed by atoms with van der Waals surface area (Å²) < 4.78 is 10.3. The van der Waals surface area contributed by atoms with E-state index in [9.17, 15) is 14.4 Å². The monoisotopic (exact) mass is 308 g/mol. The molecular weight excluding hydrogens is 292 g/mol. The van der Waals surface area contributed by atoms with Crippen molar-refractivity contribution in [3.8, 4) is 11.5 Å². The van der Waals surface area contributed by atoms with Crippen molar-refractivity contribution in [3.05, 3.63) is 23.8 Å². The Labute approximate surface area is 126 Å². The maximum atomic E-state index is 11.9. The molecule has 118 valence electrons. The van der Waals surface area contributed by atoms with E-state index >= 15 is 0 Å². The maximum Gasteiger partial charge on any atom is 0.405 e. The lowest BCUT2D eigenvalue weighted by Gasteiger charge is -2.45. The van der Waals surface area contributed by atoms with Gasteiger partial charge in [-0.05, 0) is 11.6 Å². The maximum absolute atomic E-state index is 11.9. The number of nitrogens with one attached hydrogen (secondary N) is 2. The molecule has 1 aromatic carbocycles. The Kier molecular flexibility index (Phi) is 4.20. The van der Waals surface area contributed by atoms with Gasteiger partial charge in [0.25, 0.3) is 0 Å². The number of ether oxygens (including phenoxy) is 2. The molecule has 0 aromatic heterocycles. The van der Waals surface area contributed by atoms with E-state index in [1.54, 1.807) is 18.2 Å². The third kappa shape index (κ3) is 2.54. The number of amides is 2. The molecule has 1 saturated heterocycles. The fourth-order valence-electron chi connectivity index (χ4n) is 2.46.